The largest absolute Gasteiger partial charge is 0.205 e. The Morgan fingerprint density at radius 1 is 1.31 bits per heavy atom. The van der Waals surface area contributed by atoms with Crippen molar-refractivity contribution in [2.45, 2.75) is 12.8 Å². The Hall–Kier alpha value is -0.150. The van der Waals surface area contributed by atoms with Gasteiger partial charge in [0.05, 0.1) is 0 Å². The normalized spacial score (nSPS) is 10.5. The van der Waals surface area contributed by atoms with E-state index in [-0.39, 0.29) is 0 Å². The molecule has 1 rings (SSSR count). The second-order valence-electron chi connectivity index (χ2n) is 2.63. The summed E-state index contributed by atoms with van der Waals surface area (Å²) in [4.78, 5) is 0. The second kappa shape index (κ2) is 4.91. The minimum absolute atomic E-state index is 0.410. The van der Waals surface area contributed by atoms with Crippen LogP contribution in [0.1, 0.15) is 12.0 Å². The Morgan fingerprint density at radius 2 is 2.00 bits per heavy atom. The predicted molar refractivity (Wildman–Crippen MR) is 53.5 cm³/mol. The van der Waals surface area contributed by atoms with Gasteiger partial charge in [-0.05, 0) is 24.5 Å². The first kappa shape index (κ1) is 10.9. The average molecular weight is 270 g/mol. The van der Waals surface area contributed by atoms with Gasteiger partial charge in [-0.2, -0.15) is 0 Å². The van der Waals surface area contributed by atoms with Gasteiger partial charge in [0.25, 0.3) is 0 Å². The first-order chi connectivity index (χ1) is 6.16. The van der Waals surface area contributed by atoms with E-state index in [1.165, 1.54) is 12.1 Å². The molecule has 72 valence electrons. The highest BCUT2D eigenvalue weighted by Crippen LogP contribution is 2.22. The van der Waals surface area contributed by atoms with Crippen molar-refractivity contribution in [3.63, 3.8) is 0 Å². The molecule has 0 aliphatic rings. The van der Waals surface area contributed by atoms with Crippen LogP contribution in [0, 0.1) is 11.6 Å². The molecule has 0 heterocycles. The Bertz CT molecular complexity index is 302. The molecule has 0 atom stereocenters. The van der Waals surface area contributed by atoms with E-state index in [0.717, 1.165) is 11.8 Å². The number of hydrogen-bond donors (Lipinski definition) is 0. The summed E-state index contributed by atoms with van der Waals surface area (Å²) in [6.45, 7) is 0. The molecule has 0 unspecified atom stereocenters. The van der Waals surface area contributed by atoms with E-state index in [9.17, 15) is 8.78 Å². The van der Waals surface area contributed by atoms with Gasteiger partial charge in [-0.15, -0.1) is 0 Å². The van der Waals surface area contributed by atoms with Crippen molar-refractivity contribution in [1.29, 1.82) is 0 Å². The topological polar surface area (TPSA) is 0 Å². The van der Waals surface area contributed by atoms with Gasteiger partial charge in [-0.3, -0.25) is 0 Å². The molecule has 0 aliphatic heterocycles. The monoisotopic (exact) mass is 268 g/mol. The molecule has 0 spiro atoms. The Labute approximate surface area is 89.0 Å². The van der Waals surface area contributed by atoms with Crippen molar-refractivity contribution in [2.24, 2.45) is 0 Å². The molecule has 0 radical (unpaired) electrons. The summed E-state index contributed by atoms with van der Waals surface area (Å²) in [5.74, 6) is -1.34. The summed E-state index contributed by atoms with van der Waals surface area (Å²) < 4.78 is 25.9. The molecule has 0 nitrogen and oxygen atoms in total. The number of alkyl halides is 1. The third-order valence-corrected chi connectivity index (χ3v) is 2.60. The SMILES string of the molecule is Fc1ccc(CCCBr)c(F)c1Cl. The van der Waals surface area contributed by atoms with Crippen LogP contribution in [0.4, 0.5) is 8.78 Å². The molecule has 1 aromatic carbocycles. The lowest BCUT2D eigenvalue weighted by atomic mass is 10.1. The molecular weight excluding hydrogens is 261 g/mol. The van der Waals surface area contributed by atoms with E-state index in [0.29, 0.717) is 12.0 Å². The van der Waals surface area contributed by atoms with E-state index < -0.39 is 16.7 Å². The lowest BCUT2D eigenvalue weighted by molar-refractivity contribution is 0.572. The van der Waals surface area contributed by atoms with Crippen LogP contribution < -0.4 is 0 Å². The molecule has 0 amide bonds. The maximum atomic E-state index is 13.2. The fraction of sp³-hybridized carbons (Fsp3) is 0.333. The van der Waals surface area contributed by atoms with Crippen LogP contribution in [0.15, 0.2) is 12.1 Å². The van der Waals surface area contributed by atoms with E-state index in [4.69, 9.17) is 11.6 Å². The zero-order chi connectivity index (χ0) is 9.84. The molecule has 0 saturated heterocycles. The minimum atomic E-state index is -0.707. The number of benzene rings is 1. The molecule has 0 bridgehead atoms. The van der Waals surface area contributed by atoms with Crippen LogP contribution in [0.3, 0.4) is 0 Å². The van der Waals surface area contributed by atoms with Gasteiger partial charge in [0.1, 0.15) is 16.7 Å². The summed E-state index contributed by atoms with van der Waals surface area (Å²) >= 11 is 8.63. The Kier molecular flexibility index (Phi) is 4.13. The molecule has 0 N–H and O–H groups in total. The van der Waals surface area contributed by atoms with Crippen LogP contribution in [-0.4, -0.2) is 5.33 Å². The molecule has 4 heteroatoms. The van der Waals surface area contributed by atoms with Gasteiger partial charge in [0.2, 0.25) is 0 Å². The predicted octanol–water partition coefficient (Wildman–Crippen LogP) is 3.95. The Morgan fingerprint density at radius 3 is 2.62 bits per heavy atom. The van der Waals surface area contributed by atoms with Gasteiger partial charge >= 0.3 is 0 Å². The first-order valence-corrected chi connectivity index (χ1v) is 5.35. The van der Waals surface area contributed by atoms with E-state index in [2.05, 4.69) is 15.9 Å². The van der Waals surface area contributed by atoms with Crippen molar-refractivity contribution >= 4 is 27.5 Å². The van der Waals surface area contributed by atoms with Crippen LogP contribution in [-0.2, 0) is 6.42 Å². The summed E-state index contributed by atoms with van der Waals surface area (Å²) in [6, 6.07) is 2.62. The van der Waals surface area contributed by atoms with Gasteiger partial charge in [-0.1, -0.05) is 33.6 Å². The Balaban J connectivity index is 2.90. The number of rotatable bonds is 3. The number of hydrogen-bond acceptors (Lipinski definition) is 0. The van der Waals surface area contributed by atoms with Crippen molar-refractivity contribution in [1.82, 2.24) is 0 Å². The van der Waals surface area contributed by atoms with E-state index in [1.807, 2.05) is 0 Å². The summed E-state index contributed by atoms with van der Waals surface area (Å²) in [6.07, 6.45) is 1.37. The lowest BCUT2D eigenvalue weighted by Crippen LogP contribution is -1.94. The molecule has 0 aromatic heterocycles. The molecule has 1 aromatic rings. The van der Waals surface area contributed by atoms with Crippen molar-refractivity contribution < 1.29 is 8.78 Å². The average Bonchev–Trinajstić information content (AvgIpc) is 2.13. The molecule has 0 fully saturated rings. The fourth-order valence-corrected chi connectivity index (χ4v) is 1.48. The highest BCUT2D eigenvalue weighted by molar-refractivity contribution is 9.09. The quantitative estimate of drug-likeness (QED) is 0.576. The number of aryl methyl sites for hydroxylation is 1. The van der Waals surface area contributed by atoms with Gasteiger partial charge in [-0.25, -0.2) is 8.78 Å². The fourth-order valence-electron chi connectivity index (χ4n) is 1.02. The van der Waals surface area contributed by atoms with Gasteiger partial charge in [0, 0.05) is 5.33 Å². The molecule has 13 heavy (non-hydrogen) atoms. The molecule has 0 aliphatic carbocycles. The summed E-state index contributed by atoms with van der Waals surface area (Å²) in [7, 11) is 0. The third kappa shape index (κ3) is 2.64. The maximum absolute atomic E-state index is 13.2. The van der Waals surface area contributed by atoms with Crippen LogP contribution in [0.5, 0.6) is 0 Å². The smallest absolute Gasteiger partial charge is 0.147 e. The summed E-state index contributed by atoms with van der Waals surface area (Å²) in [5.41, 5.74) is 0.464. The van der Waals surface area contributed by atoms with Crippen molar-refractivity contribution in [3.05, 3.63) is 34.4 Å². The van der Waals surface area contributed by atoms with Crippen LogP contribution >= 0.6 is 27.5 Å². The standard InChI is InChI=1S/C9H8BrClF2/c10-5-1-2-6-3-4-7(12)8(11)9(6)13/h3-4H,1-2,5H2. The van der Waals surface area contributed by atoms with Crippen molar-refractivity contribution in [3.8, 4) is 0 Å². The highest BCUT2D eigenvalue weighted by atomic mass is 79.9. The van der Waals surface area contributed by atoms with Crippen molar-refractivity contribution in [2.75, 3.05) is 5.33 Å². The third-order valence-electron chi connectivity index (χ3n) is 1.69. The van der Waals surface area contributed by atoms with Gasteiger partial charge < -0.3 is 0 Å². The second-order valence-corrected chi connectivity index (χ2v) is 3.80. The van der Waals surface area contributed by atoms with E-state index >= 15 is 0 Å². The number of halogens is 4. The lowest BCUT2D eigenvalue weighted by Gasteiger charge is -2.03. The van der Waals surface area contributed by atoms with Crippen LogP contribution in [0.2, 0.25) is 5.02 Å². The molecular formula is C9H8BrClF2. The van der Waals surface area contributed by atoms with E-state index in [1.54, 1.807) is 0 Å². The molecule has 0 saturated carbocycles. The zero-order valence-electron chi connectivity index (χ0n) is 6.79. The first-order valence-electron chi connectivity index (χ1n) is 3.85. The highest BCUT2D eigenvalue weighted by Gasteiger charge is 2.10. The maximum Gasteiger partial charge on any atom is 0.147 e. The van der Waals surface area contributed by atoms with Crippen LogP contribution in [0.25, 0.3) is 0 Å². The zero-order valence-corrected chi connectivity index (χ0v) is 9.13. The van der Waals surface area contributed by atoms with Gasteiger partial charge in [0.15, 0.2) is 0 Å². The minimum Gasteiger partial charge on any atom is -0.205 e. The summed E-state index contributed by atoms with van der Waals surface area (Å²) in [5, 5.41) is 0.383.